The van der Waals surface area contributed by atoms with Crippen molar-refractivity contribution in [2.24, 2.45) is 0 Å². The van der Waals surface area contributed by atoms with Gasteiger partial charge in [-0.15, -0.1) is 23.1 Å². The molecule has 2 aliphatic heterocycles. The first-order valence-corrected chi connectivity index (χ1v) is 13.5. The highest BCUT2D eigenvalue weighted by atomic mass is 32.2. The van der Waals surface area contributed by atoms with Crippen LogP contribution in [0.3, 0.4) is 0 Å². The molecule has 11 nitrogen and oxygen atoms in total. The van der Waals surface area contributed by atoms with Crippen molar-refractivity contribution in [3.8, 4) is 0 Å². The highest BCUT2D eigenvalue weighted by Crippen LogP contribution is 2.41. The minimum Gasteiger partial charge on any atom is -0.618 e. The molecule has 2 aromatic heterocycles. The van der Waals surface area contributed by atoms with Gasteiger partial charge in [-0.05, 0) is 29.3 Å². The third kappa shape index (κ3) is 5.20. The Hall–Kier alpha value is -3.49. The van der Waals surface area contributed by atoms with E-state index in [2.05, 4.69) is 22.5 Å². The van der Waals surface area contributed by atoms with E-state index in [0.717, 1.165) is 0 Å². The third-order valence-corrected chi connectivity index (χ3v) is 8.71. The molecule has 4 amide bonds. The number of amides is 4. The lowest BCUT2D eigenvalue weighted by atomic mass is 10.0. The van der Waals surface area contributed by atoms with Crippen LogP contribution in [0, 0.1) is 5.21 Å². The van der Waals surface area contributed by atoms with Crippen LogP contribution in [0.25, 0.3) is 0 Å². The lowest BCUT2D eigenvalue weighted by Crippen LogP contribution is -2.71. The first-order valence-electron chi connectivity index (χ1n) is 10.5. The summed E-state index contributed by atoms with van der Waals surface area (Å²) in [5.74, 6) is -1.87. The molecule has 2 unspecified atom stereocenters. The second-order valence-corrected chi connectivity index (χ2v) is 10.7. The molecule has 0 saturated carbocycles. The van der Waals surface area contributed by atoms with Gasteiger partial charge in [0, 0.05) is 28.5 Å². The Morgan fingerprint density at radius 3 is 2.81 bits per heavy atom. The van der Waals surface area contributed by atoms with Crippen molar-refractivity contribution in [1.82, 2.24) is 20.9 Å². The smallest absolute Gasteiger partial charge is 0.352 e. The predicted octanol–water partition coefficient (Wildman–Crippen LogP) is 1.40. The molecule has 0 bridgehead atoms. The van der Waals surface area contributed by atoms with Crippen LogP contribution in [-0.4, -0.2) is 56.7 Å². The van der Waals surface area contributed by atoms with Crippen molar-refractivity contribution in [2.75, 3.05) is 11.5 Å². The fourth-order valence-electron chi connectivity index (χ4n) is 3.70. The number of urea groups is 1. The van der Waals surface area contributed by atoms with Gasteiger partial charge in [-0.2, -0.15) is 4.73 Å². The molecule has 14 heteroatoms. The van der Waals surface area contributed by atoms with Crippen LogP contribution in [0.15, 0.2) is 71.0 Å². The number of thiophene rings is 1. The van der Waals surface area contributed by atoms with Crippen LogP contribution < -0.4 is 20.7 Å². The minimum absolute atomic E-state index is 0.131. The molecule has 2 aromatic rings. The van der Waals surface area contributed by atoms with Crippen LogP contribution >= 0.6 is 34.9 Å². The van der Waals surface area contributed by atoms with Crippen molar-refractivity contribution in [3.05, 3.63) is 76.0 Å². The molecule has 3 atom stereocenters. The zero-order chi connectivity index (χ0) is 25.8. The summed E-state index contributed by atoms with van der Waals surface area (Å²) in [5.41, 5.74) is 0.378. The molecule has 188 valence electrons. The van der Waals surface area contributed by atoms with Gasteiger partial charge in [0.05, 0.1) is 0 Å². The Bertz CT molecular complexity index is 1230. The van der Waals surface area contributed by atoms with Crippen LogP contribution in [0.2, 0.25) is 0 Å². The Morgan fingerprint density at radius 1 is 1.33 bits per heavy atom. The number of hydrogen-bond acceptors (Lipinski definition) is 8. The maximum atomic E-state index is 13.1. The number of nitrogens with one attached hydrogen (secondary N) is 3. The van der Waals surface area contributed by atoms with Gasteiger partial charge in [0.2, 0.25) is 5.91 Å². The number of carbonyl (C=O) groups is 4. The van der Waals surface area contributed by atoms with Crippen molar-refractivity contribution in [2.45, 2.75) is 22.5 Å². The normalized spacial score (nSPS) is 19.6. The second-order valence-electron chi connectivity index (χ2n) is 7.58. The van der Waals surface area contributed by atoms with Crippen molar-refractivity contribution in [1.29, 1.82) is 0 Å². The van der Waals surface area contributed by atoms with Gasteiger partial charge in [-0.1, -0.05) is 24.4 Å². The minimum atomic E-state index is -1.25. The standard InChI is InChI=1S/C22H21N5O6S3/c1-2-23-22(32)25-15(13-6-5-9-34-13)18(28)24-16-19(29)27-17(21(30)31)12(11-36-20(16)27)10-35-14-7-3-4-8-26(14)33/h2-9,15-16,20H,1,10-11H2,(H,24,28)(H,30,31)(H2,23,25,32)/t15?,16-,20?/m0/s1. The molecule has 4 rings (SSSR count). The van der Waals surface area contributed by atoms with E-state index in [1.54, 1.807) is 35.7 Å². The van der Waals surface area contributed by atoms with E-state index in [0.29, 0.717) is 26.0 Å². The van der Waals surface area contributed by atoms with Gasteiger partial charge < -0.3 is 26.3 Å². The van der Waals surface area contributed by atoms with Gasteiger partial charge >= 0.3 is 12.0 Å². The number of hydrogen-bond donors (Lipinski definition) is 4. The molecule has 1 fully saturated rings. The van der Waals surface area contributed by atoms with Gasteiger partial charge in [0.25, 0.3) is 10.9 Å². The van der Waals surface area contributed by atoms with Crippen LogP contribution in [0.5, 0.6) is 0 Å². The van der Waals surface area contributed by atoms with Gasteiger partial charge in [-0.25, -0.2) is 9.59 Å². The van der Waals surface area contributed by atoms with E-state index >= 15 is 0 Å². The Balaban J connectivity index is 1.48. The van der Waals surface area contributed by atoms with E-state index in [1.165, 1.54) is 52.2 Å². The fourth-order valence-corrected chi connectivity index (χ4v) is 6.88. The first kappa shape index (κ1) is 25.6. The topological polar surface area (TPSA) is 155 Å². The summed E-state index contributed by atoms with van der Waals surface area (Å²) >= 11 is 3.77. The average molecular weight is 548 g/mol. The molecule has 4 heterocycles. The van der Waals surface area contributed by atoms with E-state index in [4.69, 9.17) is 0 Å². The van der Waals surface area contributed by atoms with Crippen molar-refractivity contribution < 1.29 is 29.0 Å². The molecule has 36 heavy (non-hydrogen) atoms. The molecular weight excluding hydrogens is 526 g/mol. The largest absolute Gasteiger partial charge is 0.618 e. The van der Waals surface area contributed by atoms with E-state index in [9.17, 15) is 29.5 Å². The SMILES string of the molecule is C=CNC(=O)NC(C(=O)N[C@H]1C(=O)N2C(C(=O)O)=C(CSc3cccc[n+]3[O-])CSC12)c1cccs1. The van der Waals surface area contributed by atoms with E-state index in [-0.39, 0.29) is 11.4 Å². The van der Waals surface area contributed by atoms with Crippen molar-refractivity contribution >= 4 is 58.7 Å². The number of β-lactam (4-membered cyclic amide) rings is 1. The number of rotatable bonds is 9. The number of carbonyl (C=O) groups excluding carboxylic acids is 3. The number of fused-ring (bicyclic) bond motifs is 1. The van der Waals surface area contributed by atoms with Crippen LogP contribution in [-0.2, 0) is 14.4 Å². The van der Waals surface area contributed by atoms with E-state index < -0.39 is 41.3 Å². The number of aliphatic carboxylic acids is 1. The lowest BCUT2D eigenvalue weighted by Gasteiger charge is -2.49. The molecular formula is C22H21N5O6S3. The number of aromatic nitrogens is 1. The summed E-state index contributed by atoms with van der Waals surface area (Å²) in [6.07, 6.45) is 2.53. The number of thioether (sulfide) groups is 2. The molecule has 1 saturated heterocycles. The lowest BCUT2D eigenvalue weighted by molar-refractivity contribution is -0.645. The zero-order valence-corrected chi connectivity index (χ0v) is 21.0. The summed E-state index contributed by atoms with van der Waals surface area (Å²) in [7, 11) is 0. The average Bonchev–Trinajstić information content (AvgIpc) is 3.39. The molecule has 4 N–H and O–H groups in total. The fraction of sp³-hybridized carbons (Fsp3) is 0.227. The van der Waals surface area contributed by atoms with Crippen molar-refractivity contribution in [3.63, 3.8) is 0 Å². The second kappa shape index (κ2) is 11.1. The molecule has 0 aliphatic carbocycles. The van der Waals surface area contributed by atoms with Gasteiger partial charge in [0.15, 0.2) is 6.20 Å². The molecule has 0 spiro atoms. The highest BCUT2D eigenvalue weighted by molar-refractivity contribution is 8.01. The predicted molar refractivity (Wildman–Crippen MR) is 135 cm³/mol. The monoisotopic (exact) mass is 547 g/mol. The number of pyridine rings is 1. The summed E-state index contributed by atoms with van der Waals surface area (Å²) in [4.78, 5) is 51.9. The molecule has 0 aromatic carbocycles. The number of nitrogens with zero attached hydrogens (tertiary/aromatic N) is 2. The van der Waals surface area contributed by atoms with Gasteiger partial charge in [0.1, 0.15) is 23.2 Å². The highest BCUT2D eigenvalue weighted by Gasteiger charge is 2.54. The summed E-state index contributed by atoms with van der Waals surface area (Å²) < 4.78 is 0.693. The summed E-state index contributed by atoms with van der Waals surface area (Å²) in [6.45, 7) is 3.41. The van der Waals surface area contributed by atoms with E-state index in [1.807, 2.05) is 0 Å². The number of carboxylic acid groups (broad SMARTS) is 1. The summed E-state index contributed by atoms with van der Waals surface area (Å²) in [5, 5.41) is 30.9. The van der Waals surface area contributed by atoms with Crippen LogP contribution in [0.1, 0.15) is 10.9 Å². The maximum Gasteiger partial charge on any atom is 0.352 e. The third-order valence-electron chi connectivity index (χ3n) is 5.33. The first-order chi connectivity index (χ1) is 17.3. The Kier molecular flexibility index (Phi) is 7.86. The summed E-state index contributed by atoms with van der Waals surface area (Å²) in [6, 6.07) is 5.71. The molecule has 0 radical (unpaired) electrons. The Morgan fingerprint density at radius 2 is 2.14 bits per heavy atom. The quantitative estimate of drug-likeness (QED) is 0.159. The maximum absolute atomic E-state index is 13.1. The zero-order valence-electron chi connectivity index (χ0n) is 18.6. The Labute approximate surface area is 218 Å². The molecule has 2 aliphatic rings. The van der Waals surface area contributed by atoms with Gasteiger partial charge in [-0.3, -0.25) is 14.5 Å². The van der Waals surface area contributed by atoms with Crippen LogP contribution in [0.4, 0.5) is 4.79 Å². The number of carboxylic acids is 1.